The number of hydrogen-bond donors (Lipinski definition) is 1. The topological polar surface area (TPSA) is 52.7 Å². The van der Waals surface area contributed by atoms with E-state index in [1.54, 1.807) is 11.3 Å². The minimum atomic E-state index is 0.0300. The van der Waals surface area contributed by atoms with Crippen LogP contribution >= 0.6 is 11.3 Å². The van der Waals surface area contributed by atoms with Gasteiger partial charge in [0.2, 0.25) is 11.8 Å². The lowest BCUT2D eigenvalue weighted by Crippen LogP contribution is -2.49. The number of carbonyl (C=O) groups is 2. The predicted octanol–water partition coefficient (Wildman–Crippen LogP) is 2.46. The molecule has 6 heteroatoms. The lowest BCUT2D eigenvalue weighted by Gasteiger charge is -2.34. The fraction of sp³-hybridized carbons (Fsp3) is 0.368. The van der Waals surface area contributed by atoms with Crippen LogP contribution in [0, 0.1) is 0 Å². The van der Waals surface area contributed by atoms with Crippen molar-refractivity contribution in [3.63, 3.8) is 0 Å². The lowest BCUT2D eigenvalue weighted by molar-refractivity contribution is -0.132. The summed E-state index contributed by atoms with van der Waals surface area (Å²) in [5.74, 6) is 0.228. The van der Waals surface area contributed by atoms with Crippen LogP contribution in [0.4, 0.5) is 5.69 Å². The maximum Gasteiger partial charge on any atom is 0.227 e. The second-order valence-electron chi connectivity index (χ2n) is 6.14. The van der Waals surface area contributed by atoms with Crippen molar-refractivity contribution in [1.82, 2.24) is 9.80 Å². The van der Waals surface area contributed by atoms with Crippen LogP contribution in [0.3, 0.4) is 0 Å². The van der Waals surface area contributed by atoms with Crippen molar-refractivity contribution in [3.05, 3.63) is 52.7 Å². The number of rotatable bonds is 6. The van der Waals surface area contributed by atoms with E-state index in [2.05, 4.69) is 10.2 Å². The highest BCUT2D eigenvalue weighted by molar-refractivity contribution is 7.10. The third-order valence-electron chi connectivity index (χ3n) is 4.34. The Bertz CT molecular complexity index is 680. The van der Waals surface area contributed by atoms with Crippen molar-refractivity contribution in [2.24, 2.45) is 0 Å². The van der Waals surface area contributed by atoms with Gasteiger partial charge in [0.25, 0.3) is 0 Å². The van der Waals surface area contributed by atoms with Gasteiger partial charge in [-0.3, -0.25) is 14.5 Å². The third-order valence-corrected chi connectivity index (χ3v) is 5.22. The van der Waals surface area contributed by atoms with E-state index in [1.807, 2.05) is 52.7 Å². The first kappa shape index (κ1) is 17.6. The van der Waals surface area contributed by atoms with Gasteiger partial charge in [-0.1, -0.05) is 24.3 Å². The van der Waals surface area contributed by atoms with Crippen molar-refractivity contribution in [1.29, 1.82) is 0 Å². The van der Waals surface area contributed by atoms with Crippen LogP contribution in [0.1, 0.15) is 11.3 Å². The summed E-state index contributed by atoms with van der Waals surface area (Å²) in [7, 11) is 0. The Labute approximate surface area is 152 Å². The number of piperazine rings is 1. The van der Waals surface area contributed by atoms with Gasteiger partial charge in [0, 0.05) is 49.7 Å². The largest absolute Gasteiger partial charge is 0.340 e. The molecule has 2 amide bonds. The van der Waals surface area contributed by atoms with Gasteiger partial charge in [0.1, 0.15) is 0 Å². The molecule has 0 radical (unpaired) electrons. The summed E-state index contributed by atoms with van der Waals surface area (Å²) in [5.41, 5.74) is 0.830. The highest BCUT2D eigenvalue weighted by Gasteiger charge is 2.21. The first-order valence-electron chi connectivity index (χ1n) is 8.58. The average Bonchev–Trinajstić information content (AvgIpc) is 3.14. The Kier molecular flexibility index (Phi) is 6.19. The molecule has 1 aromatic carbocycles. The van der Waals surface area contributed by atoms with Gasteiger partial charge in [0.05, 0.1) is 6.42 Å². The standard InChI is InChI=1S/C19H23N3O2S/c23-18(20-16-5-2-1-3-6-16)8-9-21-10-12-22(13-11-21)19(24)15-17-7-4-14-25-17/h1-7,14H,8-13,15H2,(H,20,23). The number of nitrogens with zero attached hydrogens (tertiary/aromatic N) is 2. The van der Waals surface area contributed by atoms with E-state index in [1.165, 1.54) is 0 Å². The van der Waals surface area contributed by atoms with E-state index < -0.39 is 0 Å². The van der Waals surface area contributed by atoms with E-state index in [4.69, 9.17) is 0 Å². The molecule has 1 aliphatic rings. The second-order valence-corrected chi connectivity index (χ2v) is 7.18. The molecule has 132 valence electrons. The number of thiophene rings is 1. The van der Waals surface area contributed by atoms with Crippen LogP contribution in [-0.2, 0) is 16.0 Å². The molecule has 1 saturated heterocycles. The molecule has 1 fully saturated rings. The Morgan fingerprint density at radius 3 is 2.44 bits per heavy atom. The van der Waals surface area contributed by atoms with E-state index in [0.717, 1.165) is 43.3 Å². The zero-order chi connectivity index (χ0) is 17.5. The van der Waals surface area contributed by atoms with Crippen LogP contribution in [0.25, 0.3) is 0 Å². The highest BCUT2D eigenvalue weighted by atomic mass is 32.1. The Hall–Kier alpha value is -2.18. The summed E-state index contributed by atoms with van der Waals surface area (Å²) in [6, 6.07) is 13.5. The summed E-state index contributed by atoms with van der Waals surface area (Å²) in [5, 5.41) is 4.91. The third kappa shape index (κ3) is 5.41. The molecule has 0 bridgehead atoms. The van der Waals surface area contributed by atoms with Gasteiger partial charge >= 0.3 is 0 Å². The van der Waals surface area contributed by atoms with Crippen molar-refractivity contribution in [2.75, 3.05) is 38.0 Å². The summed E-state index contributed by atoms with van der Waals surface area (Å²) in [4.78, 5) is 29.6. The SMILES string of the molecule is O=C(CCN1CCN(C(=O)Cc2cccs2)CC1)Nc1ccccc1. The lowest BCUT2D eigenvalue weighted by atomic mass is 10.2. The maximum absolute atomic E-state index is 12.3. The zero-order valence-corrected chi connectivity index (χ0v) is 15.0. The summed E-state index contributed by atoms with van der Waals surface area (Å²) >= 11 is 1.63. The molecule has 0 unspecified atom stereocenters. The van der Waals surface area contributed by atoms with Crippen molar-refractivity contribution >= 4 is 28.8 Å². The summed E-state index contributed by atoms with van der Waals surface area (Å²) in [6.45, 7) is 3.87. The molecule has 1 aliphatic heterocycles. The summed E-state index contributed by atoms with van der Waals surface area (Å²) < 4.78 is 0. The van der Waals surface area contributed by atoms with Gasteiger partial charge in [-0.2, -0.15) is 0 Å². The van der Waals surface area contributed by atoms with Gasteiger partial charge in [0.15, 0.2) is 0 Å². The fourth-order valence-electron chi connectivity index (χ4n) is 2.90. The molecule has 2 aromatic rings. The molecule has 3 rings (SSSR count). The number of carbonyl (C=O) groups excluding carboxylic acids is 2. The Morgan fingerprint density at radius 2 is 1.76 bits per heavy atom. The highest BCUT2D eigenvalue weighted by Crippen LogP contribution is 2.12. The molecule has 0 saturated carbocycles. The Balaban J connectivity index is 1.36. The normalized spacial score (nSPS) is 15.1. The van der Waals surface area contributed by atoms with Crippen LogP contribution in [-0.4, -0.2) is 54.3 Å². The fourth-order valence-corrected chi connectivity index (χ4v) is 3.60. The van der Waals surface area contributed by atoms with E-state index in [9.17, 15) is 9.59 Å². The molecule has 25 heavy (non-hydrogen) atoms. The Morgan fingerprint density at radius 1 is 1.00 bits per heavy atom. The molecule has 0 aliphatic carbocycles. The molecular formula is C19H23N3O2S. The van der Waals surface area contributed by atoms with Gasteiger partial charge in [-0.15, -0.1) is 11.3 Å². The van der Waals surface area contributed by atoms with E-state index >= 15 is 0 Å². The number of benzene rings is 1. The molecule has 1 N–H and O–H groups in total. The summed E-state index contributed by atoms with van der Waals surface area (Å²) in [6.07, 6.45) is 0.967. The monoisotopic (exact) mass is 357 g/mol. The van der Waals surface area contributed by atoms with Gasteiger partial charge < -0.3 is 10.2 Å². The van der Waals surface area contributed by atoms with Gasteiger partial charge in [-0.05, 0) is 23.6 Å². The van der Waals surface area contributed by atoms with E-state index in [-0.39, 0.29) is 11.8 Å². The number of amides is 2. The van der Waals surface area contributed by atoms with Crippen molar-refractivity contribution in [3.8, 4) is 0 Å². The second kappa shape index (κ2) is 8.78. The smallest absolute Gasteiger partial charge is 0.227 e. The maximum atomic E-state index is 12.3. The zero-order valence-electron chi connectivity index (χ0n) is 14.2. The first-order chi connectivity index (χ1) is 12.2. The molecule has 0 spiro atoms. The predicted molar refractivity (Wildman–Crippen MR) is 101 cm³/mol. The number of para-hydroxylation sites is 1. The first-order valence-corrected chi connectivity index (χ1v) is 9.46. The average molecular weight is 357 g/mol. The minimum absolute atomic E-state index is 0.0300. The molecule has 2 heterocycles. The number of hydrogen-bond acceptors (Lipinski definition) is 4. The molecule has 0 atom stereocenters. The quantitative estimate of drug-likeness (QED) is 0.864. The van der Waals surface area contributed by atoms with Crippen LogP contribution < -0.4 is 5.32 Å². The molecular weight excluding hydrogens is 334 g/mol. The number of nitrogens with one attached hydrogen (secondary N) is 1. The van der Waals surface area contributed by atoms with Crippen LogP contribution in [0.5, 0.6) is 0 Å². The van der Waals surface area contributed by atoms with E-state index in [0.29, 0.717) is 12.8 Å². The van der Waals surface area contributed by atoms with Crippen molar-refractivity contribution < 1.29 is 9.59 Å². The van der Waals surface area contributed by atoms with Crippen LogP contribution in [0.15, 0.2) is 47.8 Å². The molecule has 1 aromatic heterocycles. The number of anilines is 1. The molecule has 5 nitrogen and oxygen atoms in total. The minimum Gasteiger partial charge on any atom is -0.340 e. The van der Waals surface area contributed by atoms with Crippen molar-refractivity contribution in [2.45, 2.75) is 12.8 Å². The van der Waals surface area contributed by atoms with Gasteiger partial charge in [-0.25, -0.2) is 0 Å². The van der Waals surface area contributed by atoms with Crippen LogP contribution in [0.2, 0.25) is 0 Å².